The second-order valence-electron chi connectivity index (χ2n) is 10.9. The number of pyridine rings is 1. The predicted molar refractivity (Wildman–Crippen MR) is 190 cm³/mol. The lowest BCUT2D eigenvalue weighted by atomic mass is 10.0. The summed E-state index contributed by atoms with van der Waals surface area (Å²) in [5.74, 6) is -0.878. The van der Waals surface area contributed by atoms with Gasteiger partial charge >= 0.3 is 0 Å². The van der Waals surface area contributed by atoms with Gasteiger partial charge in [0.2, 0.25) is 10.5 Å². The summed E-state index contributed by atoms with van der Waals surface area (Å²) in [6, 6.07) is 18.7. The third-order valence-electron chi connectivity index (χ3n) is 7.29. The molecule has 0 fully saturated rings. The van der Waals surface area contributed by atoms with Gasteiger partial charge in [-0.2, -0.15) is 25.3 Å². The van der Waals surface area contributed by atoms with Crippen LogP contribution >= 0.6 is 11.5 Å². The van der Waals surface area contributed by atoms with E-state index >= 15 is 0 Å². The average molecular weight is 823 g/mol. The molecule has 6 rings (SSSR count). The van der Waals surface area contributed by atoms with Crippen LogP contribution in [0.1, 0.15) is 0 Å². The lowest BCUT2D eigenvalue weighted by molar-refractivity contribution is -0.431. The van der Waals surface area contributed by atoms with Crippen molar-refractivity contribution in [1.29, 1.82) is 0 Å². The lowest BCUT2D eigenvalue weighted by Crippen LogP contribution is -2.14. The summed E-state index contributed by atoms with van der Waals surface area (Å²) in [6.07, 6.45) is 1.80. The third kappa shape index (κ3) is 8.36. The fourth-order valence-electron chi connectivity index (χ4n) is 4.92. The smallest absolute Gasteiger partial charge is 0.294 e. The average Bonchev–Trinajstić information content (AvgIpc) is 3.51. The number of nitrogens with one attached hydrogen (secondary N) is 2. The van der Waals surface area contributed by atoms with E-state index in [9.17, 15) is 52.4 Å². The van der Waals surface area contributed by atoms with Gasteiger partial charge in [0.1, 0.15) is 11.5 Å². The van der Waals surface area contributed by atoms with E-state index in [1.807, 2.05) is 22.0 Å². The molecule has 6 N–H and O–H groups in total. The fourth-order valence-corrected chi connectivity index (χ4v) is 8.59. The summed E-state index contributed by atoms with van der Waals surface area (Å²) < 4.78 is 135. The maximum atomic E-state index is 13.5. The summed E-state index contributed by atoms with van der Waals surface area (Å²) in [5, 5.41) is 23.2. The van der Waals surface area contributed by atoms with E-state index in [-0.39, 0.29) is 27.8 Å². The number of aromatic hydroxyl groups is 1. The van der Waals surface area contributed by atoms with Crippen molar-refractivity contribution in [2.45, 2.75) is 19.6 Å². The van der Waals surface area contributed by atoms with Gasteiger partial charge in [-0.15, -0.1) is 14.0 Å². The van der Waals surface area contributed by atoms with E-state index in [2.05, 4.69) is 20.3 Å². The molecule has 0 atom stereocenters. The van der Waals surface area contributed by atoms with Crippen molar-refractivity contribution in [1.82, 2.24) is 0 Å². The van der Waals surface area contributed by atoms with Crippen LogP contribution in [0.3, 0.4) is 0 Å². The number of rotatable bonds is 12. The Morgan fingerprint density at radius 1 is 0.679 bits per heavy atom. The molecule has 0 aliphatic heterocycles. The van der Waals surface area contributed by atoms with E-state index in [1.54, 1.807) is 12.3 Å². The molecular weight excluding hydrogens is 799 g/mol. The van der Waals surface area contributed by atoms with Gasteiger partial charge in [0.15, 0.2) is 24.5 Å². The Kier molecular flexibility index (Phi) is 9.86. The molecule has 18 nitrogen and oxygen atoms in total. The van der Waals surface area contributed by atoms with Crippen molar-refractivity contribution in [2.75, 3.05) is 16.8 Å². The van der Waals surface area contributed by atoms with Gasteiger partial charge < -0.3 is 15.2 Å². The van der Waals surface area contributed by atoms with Gasteiger partial charge in [-0.25, -0.2) is 8.42 Å². The van der Waals surface area contributed by atoms with Crippen LogP contribution in [0.4, 0.5) is 22.1 Å². The van der Waals surface area contributed by atoms with Gasteiger partial charge in [-0.05, 0) is 42.5 Å². The molecular formula is C30H24N5O13S5+. The molecule has 23 heteroatoms. The summed E-state index contributed by atoms with van der Waals surface area (Å²) in [4.78, 5) is -2.95. The molecule has 0 bridgehead atoms. The van der Waals surface area contributed by atoms with Crippen molar-refractivity contribution in [3.63, 3.8) is 0 Å². The summed E-state index contributed by atoms with van der Waals surface area (Å²) >= 11 is 1.23. The summed E-state index contributed by atoms with van der Waals surface area (Å²) in [7, 11) is -19.1. The second kappa shape index (κ2) is 13.9. The van der Waals surface area contributed by atoms with Crippen molar-refractivity contribution in [3.05, 3.63) is 97.2 Å². The fraction of sp³-hybridized carbons (Fsp3) is 0.0333. The van der Waals surface area contributed by atoms with Gasteiger partial charge in [0, 0.05) is 35.0 Å². The number of nitrogens with zero attached hydrogens (tertiary/aromatic N) is 3. The molecule has 0 aliphatic rings. The molecule has 0 spiro atoms. The molecule has 0 aliphatic carbocycles. The van der Waals surface area contributed by atoms with E-state index in [0.29, 0.717) is 11.1 Å². The Labute approximate surface area is 305 Å². The van der Waals surface area contributed by atoms with Crippen LogP contribution in [0.2, 0.25) is 0 Å². The highest BCUT2D eigenvalue weighted by Gasteiger charge is 2.23. The van der Waals surface area contributed by atoms with Crippen LogP contribution in [0.5, 0.6) is 11.5 Å². The van der Waals surface area contributed by atoms with Crippen molar-refractivity contribution < 1.29 is 61.0 Å². The zero-order chi connectivity index (χ0) is 38.3. The highest BCUT2D eigenvalue weighted by atomic mass is 32.2. The highest BCUT2D eigenvalue weighted by molar-refractivity contribution is 7.92. The van der Waals surface area contributed by atoms with Gasteiger partial charge in [0.05, 0.1) is 42.7 Å². The molecule has 0 saturated carbocycles. The number of ether oxygens (including phenoxy) is 1. The molecule has 0 unspecified atom stereocenters. The zero-order valence-corrected chi connectivity index (χ0v) is 30.4. The first-order valence-corrected chi connectivity index (χ1v) is 21.1. The minimum absolute atomic E-state index is 0.00484. The standard InChI is InChI=1S/C30H23N5O13S5/c36-30-24-8-4-9-25(34-50(37,38)20-6-3-7-21(14-20)51(39,40)41)29(24)26(32-33-28-11-18-5-1-2-10-35(18)49-28)16-27(30)31-17-48-19-12-22(52(42,43)44)15-23(13-19)53(45,46)47/h1-16H,17H2,(H5,31,32,34,39,40,41,42,43,44,45,46,47)/p+1. The Morgan fingerprint density at radius 3 is 1.98 bits per heavy atom. The summed E-state index contributed by atoms with van der Waals surface area (Å²) in [6.45, 7) is -0.571. The van der Waals surface area contributed by atoms with Crippen LogP contribution in [0, 0.1) is 0 Å². The number of azo groups is 1. The number of benzene rings is 4. The topological polar surface area (TPSA) is 280 Å². The number of fused-ring (bicyclic) bond motifs is 2. The van der Waals surface area contributed by atoms with Gasteiger partial charge in [-0.3, -0.25) is 18.4 Å². The monoisotopic (exact) mass is 822 g/mol. The van der Waals surface area contributed by atoms with Crippen LogP contribution < -0.4 is 18.6 Å². The first kappa shape index (κ1) is 37.5. The quantitative estimate of drug-likeness (QED) is 0.0320. The van der Waals surface area contributed by atoms with E-state index < -0.39 is 78.2 Å². The number of hydrogen-bond acceptors (Lipinski definition) is 14. The van der Waals surface area contributed by atoms with Gasteiger partial charge in [-0.1, -0.05) is 18.2 Å². The van der Waals surface area contributed by atoms with Gasteiger partial charge in [0.25, 0.3) is 40.4 Å². The molecule has 0 amide bonds. The molecule has 6 aromatic rings. The van der Waals surface area contributed by atoms with Crippen molar-refractivity contribution in [3.8, 4) is 11.5 Å². The van der Waals surface area contributed by atoms with Crippen molar-refractivity contribution >= 4 is 90.3 Å². The third-order valence-corrected chi connectivity index (χ3v) is 12.1. The van der Waals surface area contributed by atoms with E-state index in [0.717, 1.165) is 41.9 Å². The molecule has 53 heavy (non-hydrogen) atoms. The number of hydrogen-bond donors (Lipinski definition) is 6. The Morgan fingerprint density at radius 2 is 1.32 bits per heavy atom. The number of anilines is 2. The Bertz CT molecular complexity index is 2830. The van der Waals surface area contributed by atoms with E-state index in [4.69, 9.17) is 4.74 Å². The maximum absolute atomic E-state index is 13.5. The highest BCUT2D eigenvalue weighted by Crippen LogP contribution is 2.44. The molecule has 4 aromatic carbocycles. The predicted octanol–water partition coefficient (Wildman–Crippen LogP) is 4.75. The Hall–Kier alpha value is -5.27. The number of sulfonamides is 1. The first-order chi connectivity index (χ1) is 24.8. The van der Waals surface area contributed by atoms with Crippen molar-refractivity contribution in [2.24, 2.45) is 10.2 Å². The lowest BCUT2D eigenvalue weighted by Gasteiger charge is -2.17. The van der Waals surface area contributed by atoms with E-state index in [1.165, 1.54) is 35.8 Å². The second-order valence-corrected chi connectivity index (χ2v) is 17.8. The number of aromatic nitrogens is 1. The Balaban J connectivity index is 1.41. The molecule has 2 aromatic heterocycles. The first-order valence-electron chi connectivity index (χ1n) is 14.5. The van der Waals surface area contributed by atoms with Crippen LogP contribution in [-0.4, -0.2) is 59.2 Å². The molecule has 276 valence electrons. The minimum Gasteiger partial charge on any atom is -0.505 e. The molecule has 0 radical (unpaired) electrons. The van der Waals surface area contributed by atoms with Crippen LogP contribution in [-0.2, 0) is 40.4 Å². The zero-order valence-electron chi connectivity index (χ0n) is 26.3. The minimum atomic E-state index is -4.93. The number of phenols is 1. The molecule has 2 heterocycles. The number of phenolic OH excluding ortho intramolecular Hbond substituents is 1. The SMILES string of the molecule is O=S(=O)(O)c1cc(OCNc2cc(N=Nc3cc4cccc[n+]4s3)c3c(NS(=O)(=O)c4cccc(S(=O)(=O)O)c4)cccc3c2O)cc(S(=O)(=O)O)c1. The van der Waals surface area contributed by atoms with Crippen LogP contribution in [0.25, 0.3) is 16.3 Å². The maximum Gasteiger partial charge on any atom is 0.294 e. The molecule has 0 saturated heterocycles. The summed E-state index contributed by atoms with van der Waals surface area (Å²) in [5.41, 5.74) is 0.614. The van der Waals surface area contributed by atoms with Crippen LogP contribution in [0.15, 0.2) is 127 Å². The normalized spacial score (nSPS) is 12.7. The largest absolute Gasteiger partial charge is 0.505 e.